The second-order valence-electron chi connectivity index (χ2n) is 6.98. The predicted molar refractivity (Wildman–Crippen MR) is 98.5 cm³/mol. The van der Waals surface area contributed by atoms with Gasteiger partial charge in [-0.05, 0) is 54.8 Å². The summed E-state index contributed by atoms with van der Waals surface area (Å²) in [4.78, 5) is 18.0. The van der Waals surface area contributed by atoms with Gasteiger partial charge in [-0.15, -0.1) is 11.3 Å². The molecule has 0 aliphatic carbocycles. The summed E-state index contributed by atoms with van der Waals surface area (Å²) in [7, 11) is 2.25. The molecule has 1 aromatic heterocycles. The molecule has 0 bridgehead atoms. The Morgan fingerprint density at radius 3 is 2.62 bits per heavy atom. The topological polar surface area (TPSA) is 23.6 Å². The normalized spacial score (nSPS) is 22.4. The Bertz CT molecular complexity index is 704. The van der Waals surface area contributed by atoms with Crippen molar-refractivity contribution in [1.29, 1.82) is 0 Å². The quantitative estimate of drug-likeness (QED) is 0.829. The third kappa shape index (κ3) is 2.89. The number of likely N-dealkylation sites (N-methyl/N-ethyl adjacent to an activating group) is 1. The third-order valence-electron chi connectivity index (χ3n) is 5.59. The van der Waals surface area contributed by atoms with Crippen LogP contribution in [0.5, 0.6) is 0 Å². The molecule has 1 fully saturated rings. The monoisotopic (exact) mass is 340 g/mol. The number of likely N-dealkylation sites (tertiary alicyclic amines) is 1. The standard InChI is InChI=1S/C20H24N2OS/c1-21-11-8-15-5-2-3-6-17(15)19(21)16-9-12-22(13-10-16)20(23)18-7-4-14-24-18/h2-7,14,16,19H,8-13H2,1H3. The number of fused-ring (bicyclic) bond motifs is 1. The van der Waals surface area contributed by atoms with Gasteiger partial charge in [0.1, 0.15) is 0 Å². The number of piperidine rings is 1. The largest absolute Gasteiger partial charge is 0.338 e. The molecule has 0 saturated carbocycles. The highest BCUT2D eigenvalue weighted by molar-refractivity contribution is 7.12. The number of hydrogen-bond acceptors (Lipinski definition) is 3. The first-order valence-electron chi connectivity index (χ1n) is 8.85. The number of thiophene rings is 1. The molecule has 1 saturated heterocycles. The van der Waals surface area contributed by atoms with Gasteiger partial charge in [-0.1, -0.05) is 30.3 Å². The van der Waals surface area contributed by atoms with Gasteiger partial charge in [-0.2, -0.15) is 0 Å². The first kappa shape index (κ1) is 15.9. The molecule has 4 rings (SSSR count). The number of hydrogen-bond donors (Lipinski definition) is 0. The lowest BCUT2D eigenvalue weighted by molar-refractivity contribution is 0.0602. The number of benzene rings is 1. The Labute approximate surface area is 147 Å². The summed E-state index contributed by atoms with van der Waals surface area (Å²) in [5, 5.41) is 1.98. The SMILES string of the molecule is CN1CCc2ccccc2C1C1CCN(C(=O)c2cccs2)CC1. The van der Waals surface area contributed by atoms with Crippen molar-refractivity contribution in [1.82, 2.24) is 9.80 Å². The number of carbonyl (C=O) groups excluding carboxylic acids is 1. The minimum atomic E-state index is 0.209. The number of rotatable bonds is 2. The second kappa shape index (κ2) is 6.69. The molecule has 0 N–H and O–H groups in total. The minimum Gasteiger partial charge on any atom is -0.338 e. The van der Waals surface area contributed by atoms with E-state index >= 15 is 0 Å². The third-order valence-corrected chi connectivity index (χ3v) is 6.45. The maximum atomic E-state index is 12.5. The molecule has 24 heavy (non-hydrogen) atoms. The van der Waals surface area contributed by atoms with E-state index in [1.165, 1.54) is 11.1 Å². The first-order chi connectivity index (χ1) is 11.7. The number of amides is 1. The van der Waals surface area contributed by atoms with E-state index in [1.54, 1.807) is 11.3 Å². The van der Waals surface area contributed by atoms with Gasteiger partial charge in [0, 0.05) is 25.7 Å². The predicted octanol–water partition coefficient (Wildman–Crippen LogP) is 3.83. The van der Waals surface area contributed by atoms with Crippen molar-refractivity contribution in [3.8, 4) is 0 Å². The van der Waals surface area contributed by atoms with E-state index in [4.69, 9.17) is 0 Å². The summed E-state index contributed by atoms with van der Waals surface area (Å²) < 4.78 is 0. The summed E-state index contributed by atoms with van der Waals surface area (Å²) in [5.74, 6) is 0.852. The van der Waals surface area contributed by atoms with E-state index in [-0.39, 0.29) is 5.91 Å². The fraction of sp³-hybridized carbons (Fsp3) is 0.450. The molecule has 1 atom stereocenters. The van der Waals surface area contributed by atoms with Crippen LogP contribution in [0.25, 0.3) is 0 Å². The molecule has 0 radical (unpaired) electrons. The molecule has 2 aromatic rings. The summed E-state index contributed by atoms with van der Waals surface area (Å²) in [5.41, 5.74) is 3.02. The Balaban J connectivity index is 1.47. The zero-order valence-corrected chi connectivity index (χ0v) is 15.0. The van der Waals surface area contributed by atoms with E-state index < -0.39 is 0 Å². The van der Waals surface area contributed by atoms with Gasteiger partial charge in [-0.3, -0.25) is 9.69 Å². The van der Waals surface area contributed by atoms with Gasteiger partial charge in [-0.25, -0.2) is 0 Å². The highest BCUT2D eigenvalue weighted by Crippen LogP contribution is 2.39. The van der Waals surface area contributed by atoms with Crippen LogP contribution in [0.15, 0.2) is 41.8 Å². The molecule has 126 valence electrons. The molecule has 0 spiro atoms. The minimum absolute atomic E-state index is 0.209. The Morgan fingerprint density at radius 1 is 1.08 bits per heavy atom. The summed E-state index contributed by atoms with van der Waals surface area (Å²) in [6, 6.07) is 13.3. The molecule has 3 nitrogen and oxygen atoms in total. The number of carbonyl (C=O) groups is 1. The van der Waals surface area contributed by atoms with Crippen LogP contribution in [0, 0.1) is 5.92 Å². The molecule has 1 unspecified atom stereocenters. The average molecular weight is 340 g/mol. The highest BCUT2D eigenvalue weighted by Gasteiger charge is 2.34. The summed E-state index contributed by atoms with van der Waals surface area (Å²) in [6.45, 7) is 2.90. The molecular formula is C20H24N2OS. The Hall–Kier alpha value is -1.65. The molecule has 2 aliphatic rings. The molecular weight excluding hydrogens is 316 g/mol. The van der Waals surface area contributed by atoms with Gasteiger partial charge in [0.15, 0.2) is 0 Å². The fourth-order valence-corrected chi connectivity index (χ4v) is 5.00. The van der Waals surface area contributed by atoms with Crippen LogP contribution in [-0.4, -0.2) is 42.4 Å². The molecule has 3 heterocycles. The maximum Gasteiger partial charge on any atom is 0.263 e. The Kier molecular flexibility index (Phi) is 4.42. The van der Waals surface area contributed by atoms with Crippen molar-refractivity contribution in [2.24, 2.45) is 5.92 Å². The van der Waals surface area contributed by atoms with E-state index in [2.05, 4.69) is 36.2 Å². The van der Waals surface area contributed by atoms with Gasteiger partial charge >= 0.3 is 0 Å². The van der Waals surface area contributed by atoms with Crippen molar-refractivity contribution in [2.75, 3.05) is 26.7 Å². The lowest BCUT2D eigenvalue weighted by Gasteiger charge is -2.43. The van der Waals surface area contributed by atoms with Crippen LogP contribution >= 0.6 is 11.3 Å². The molecule has 4 heteroatoms. The van der Waals surface area contributed by atoms with E-state index in [0.29, 0.717) is 12.0 Å². The number of nitrogens with zero attached hydrogens (tertiary/aromatic N) is 2. The van der Waals surface area contributed by atoms with Crippen LogP contribution in [-0.2, 0) is 6.42 Å². The Morgan fingerprint density at radius 2 is 1.88 bits per heavy atom. The van der Waals surface area contributed by atoms with Crippen molar-refractivity contribution in [3.05, 3.63) is 57.8 Å². The van der Waals surface area contributed by atoms with E-state index in [1.807, 2.05) is 22.4 Å². The van der Waals surface area contributed by atoms with E-state index in [9.17, 15) is 4.79 Å². The van der Waals surface area contributed by atoms with Gasteiger partial charge in [0.05, 0.1) is 4.88 Å². The second-order valence-corrected chi connectivity index (χ2v) is 7.93. The van der Waals surface area contributed by atoms with Crippen molar-refractivity contribution >= 4 is 17.2 Å². The van der Waals surface area contributed by atoms with Crippen LogP contribution in [0.1, 0.15) is 39.7 Å². The molecule has 1 amide bonds. The summed E-state index contributed by atoms with van der Waals surface area (Å²) in [6.07, 6.45) is 3.35. The van der Waals surface area contributed by atoms with Crippen LogP contribution in [0.3, 0.4) is 0 Å². The van der Waals surface area contributed by atoms with Gasteiger partial charge in [0.2, 0.25) is 0 Å². The van der Waals surface area contributed by atoms with Crippen LogP contribution in [0.2, 0.25) is 0 Å². The zero-order valence-electron chi connectivity index (χ0n) is 14.1. The van der Waals surface area contributed by atoms with Gasteiger partial charge < -0.3 is 4.90 Å². The van der Waals surface area contributed by atoms with Crippen LogP contribution < -0.4 is 0 Å². The first-order valence-corrected chi connectivity index (χ1v) is 9.73. The lowest BCUT2D eigenvalue weighted by Crippen LogP contribution is -2.44. The zero-order chi connectivity index (χ0) is 16.5. The van der Waals surface area contributed by atoms with E-state index in [0.717, 1.165) is 43.8 Å². The highest BCUT2D eigenvalue weighted by atomic mass is 32.1. The van der Waals surface area contributed by atoms with Crippen molar-refractivity contribution in [3.63, 3.8) is 0 Å². The smallest absolute Gasteiger partial charge is 0.263 e. The lowest BCUT2D eigenvalue weighted by atomic mass is 9.80. The van der Waals surface area contributed by atoms with Gasteiger partial charge in [0.25, 0.3) is 5.91 Å². The average Bonchev–Trinajstić information content (AvgIpc) is 3.16. The fourth-order valence-electron chi connectivity index (χ4n) is 4.31. The molecule has 2 aliphatic heterocycles. The van der Waals surface area contributed by atoms with Crippen LogP contribution in [0.4, 0.5) is 0 Å². The maximum absolute atomic E-state index is 12.5. The summed E-state index contributed by atoms with van der Waals surface area (Å²) >= 11 is 1.55. The van der Waals surface area contributed by atoms with Crippen molar-refractivity contribution < 1.29 is 4.79 Å². The van der Waals surface area contributed by atoms with Crippen molar-refractivity contribution in [2.45, 2.75) is 25.3 Å². The molecule has 1 aromatic carbocycles.